The van der Waals surface area contributed by atoms with E-state index in [0.717, 1.165) is 28.1 Å². The van der Waals surface area contributed by atoms with Crippen LogP contribution in [0.15, 0.2) is 77.8 Å². The van der Waals surface area contributed by atoms with Gasteiger partial charge in [-0.1, -0.05) is 48.0 Å². The van der Waals surface area contributed by atoms with Crippen LogP contribution in [-0.4, -0.2) is 6.21 Å². The molecule has 0 aromatic heterocycles. The van der Waals surface area contributed by atoms with E-state index in [0.29, 0.717) is 11.6 Å². The highest BCUT2D eigenvalue weighted by Gasteiger charge is 1.98. The number of hydrogen-bond donors (Lipinski definition) is 0. The molecule has 0 N–H and O–H groups in total. The second kappa shape index (κ2) is 7.80. The molecular formula is C21H18ClNO. The summed E-state index contributed by atoms with van der Waals surface area (Å²) in [4.78, 5) is 4.51. The number of nitrogens with zero attached hydrogens (tertiary/aromatic N) is 1. The van der Waals surface area contributed by atoms with Crippen LogP contribution in [0.5, 0.6) is 5.75 Å². The minimum Gasteiger partial charge on any atom is -0.489 e. The second-order valence-electron chi connectivity index (χ2n) is 5.53. The van der Waals surface area contributed by atoms with Crippen molar-refractivity contribution in [1.82, 2.24) is 0 Å². The number of benzene rings is 3. The maximum Gasteiger partial charge on any atom is 0.119 e. The SMILES string of the molecule is Cc1ccc(Cl)cc1N=Cc1ccc(OCc2ccccc2)cc1. The van der Waals surface area contributed by atoms with E-state index in [4.69, 9.17) is 16.3 Å². The van der Waals surface area contributed by atoms with Gasteiger partial charge >= 0.3 is 0 Å². The van der Waals surface area contributed by atoms with Gasteiger partial charge in [0.15, 0.2) is 0 Å². The van der Waals surface area contributed by atoms with Crippen LogP contribution < -0.4 is 4.74 Å². The van der Waals surface area contributed by atoms with Crippen molar-refractivity contribution in [3.8, 4) is 5.75 Å². The van der Waals surface area contributed by atoms with Gasteiger partial charge in [0, 0.05) is 11.2 Å². The molecule has 0 aliphatic carbocycles. The molecule has 0 radical (unpaired) electrons. The summed E-state index contributed by atoms with van der Waals surface area (Å²) in [5, 5.41) is 0.692. The summed E-state index contributed by atoms with van der Waals surface area (Å²) in [6.07, 6.45) is 1.83. The number of halogens is 1. The third-order valence-corrected chi connectivity index (χ3v) is 3.89. The molecule has 0 saturated carbocycles. The normalized spacial score (nSPS) is 10.9. The van der Waals surface area contributed by atoms with Crippen LogP contribution in [0.25, 0.3) is 0 Å². The van der Waals surface area contributed by atoms with Gasteiger partial charge in [-0.2, -0.15) is 0 Å². The lowest BCUT2D eigenvalue weighted by Gasteiger charge is -2.06. The summed E-state index contributed by atoms with van der Waals surface area (Å²) >= 11 is 6.01. The fourth-order valence-electron chi connectivity index (χ4n) is 2.26. The van der Waals surface area contributed by atoms with Crippen LogP contribution in [0.1, 0.15) is 16.7 Å². The highest BCUT2D eigenvalue weighted by Crippen LogP contribution is 2.23. The fourth-order valence-corrected chi connectivity index (χ4v) is 2.42. The molecule has 120 valence electrons. The first-order valence-corrected chi connectivity index (χ1v) is 8.15. The standard InChI is InChI=1S/C21H18ClNO/c1-16-7-10-19(22)13-21(16)23-14-17-8-11-20(12-9-17)24-15-18-5-3-2-4-6-18/h2-14H,15H2,1H3. The molecule has 0 amide bonds. The second-order valence-corrected chi connectivity index (χ2v) is 5.97. The number of aryl methyl sites for hydroxylation is 1. The van der Waals surface area contributed by atoms with Gasteiger partial charge in [0.05, 0.1) is 5.69 Å². The van der Waals surface area contributed by atoms with Crippen molar-refractivity contribution in [1.29, 1.82) is 0 Å². The molecular weight excluding hydrogens is 318 g/mol. The Hall–Kier alpha value is -2.58. The van der Waals surface area contributed by atoms with Crippen LogP contribution in [-0.2, 0) is 6.61 Å². The van der Waals surface area contributed by atoms with Crippen LogP contribution in [0.4, 0.5) is 5.69 Å². The van der Waals surface area contributed by atoms with Gasteiger partial charge in [-0.15, -0.1) is 0 Å². The van der Waals surface area contributed by atoms with E-state index in [2.05, 4.69) is 4.99 Å². The van der Waals surface area contributed by atoms with Crippen molar-refractivity contribution in [3.63, 3.8) is 0 Å². The monoisotopic (exact) mass is 335 g/mol. The van der Waals surface area contributed by atoms with Gasteiger partial charge in [-0.3, -0.25) is 4.99 Å². The zero-order valence-corrected chi connectivity index (χ0v) is 14.2. The third kappa shape index (κ3) is 4.46. The van der Waals surface area contributed by atoms with Gasteiger partial charge in [0.25, 0.3) is 0 Å². The number of ether oxygens (including phenoxy) is 1. The topological polar surface area (TPSA) is 21.6 Å². The van der Waals surface area contributed by atoms with Crippen molar-refractivity contribution in [3.05, 3.63) is 94.5 Å². The lowest BCUT2D eigenvalue weighted by molar-refractivity contribution is 0.306. The minimum atomic E-state index is 0.565. The zero-order valence-electron chi connectivity index (χ0n) is 13.4. The Morgan fingerprint density at radius 1 is 0.958 bits per heavy atom. The molecule has 3 heteroatoms. The lowest BCUT2D eigenvalue weighted by Crippen LogP contribution is -1.95. The van der Waals surface area contributed by atoms with E-state index in [-0.39, 0.29) is 0 Å². The van der Waals surface area contributed by atoms with E-state index in [9.17, 15) is 0 Å². The predicted octanol–water partition coefficient (Wildman–Crippen LogP) is 5.98. The highest BCUT2D eigenvalue weighted by molar-refractivity contribution is 6.30. The molecule has 0 atom stereocenters. The molecule has 0 saturated heterocycles. The summed E-state index contributed by atoms with van der Waals surface area (Å²) in [6.45, 7) is 2.58. The van der Waals surface area contributed by atoms with Crippen LogP contribution in [0.3, 0.4) is 0 Å². The van der Waals surface area contributed by atoms with Crippen molar-refractivity contribution in [2.75, 3.05) is 0 Å². The molecule has 0 spiro atoms. The number of rotatable bonds is 5. The quantitative estimate of drug-likeness (QED) is 0.526. The first-order chi connectivity index (χ1) is 11.7. The maximum absolute atomic E-state index is 6.01. The molecule has 0 fully saturated rings. The highest BCUT2D eigenvalue weighted by atomic mass is 35.5. The largest absolute Gasteiger partial charge is 0.489 e. The molecule has 24 heavy (non-hydrogen) atoms. The first-order valence-electron chi connectivity index (χ1n) is 7.78. The van der Waals surface area contributed by atoms with Gasteiger partial charge < -0.3 is 4.74 Å². The Balaban J connectivity index is 1.64. The average Bonchev–Trinajstić information content (AvgIpc) is 2.62. The van der Waals surface area contributed by atoms with E-state index < -0.39 is 0 Å². The van der Waals surface area contributed by atoms with Crippen LogP contribution in [0, 0.1) is 6.92 Å². The first kappa shape index (κ1) is 16.3. The van der Waals surface area contributed by atoms with Crippen molar-refractivity contribution >= 4 is 23.5 Å². The predicted molar refractivity (Wildman–Crippen MR) is 101 cm³/mol. The minimum absolute atomic E-state index is 0.565. The van der Waals surface area contributed by atoms with E-state index in [1.165, 1.54) is 0 Å². The van der Waals surface area contributed by atoms with Gasteiger partial charge in [0.2, 0.25) is 0 Å². The van der Waals surface area contributed by atoms with Crippen LogP contribution in [0.2, 0.25) is 5.02 Å². The van der Waals surface area contributed by atoms with Crippen molar-refractivity contribution < 1.29 is 4.74 Å². The molecule has 0 heterocycles. The van der Waals surface area contributed by atoms with Crippen molar-refractivity contribution in [2.45, 2.75) is 13.5 Å². The molecule has 2 nitrogen and oxygen atoms in total. The number of hydrogen-bond acceptors (Lipinski definition) is 2. The average molecular weight is 336 g/mol. The zero-order chi connectivity index (χ0) is 16.8. The molecule has 3 aromatic rings. The Bertz CT molecular complexity index is 826. The number of aliphatic imine (C=N–C) groups is 1. The summed E-state index contributed by atoms with van der Waals surface area (Å²) in [6, 6.07) is 23.7. The Morgan fingerprint density at radius 3 is 2.46 bits per heavy atom. The van der Waals surface area contributed by atoms with Gasteiger partial charge in [0.1, 0.15) is 12.4 Å². The molecule has 3 rings (SSSR count). The lowest BCUT2D eigenvalue weighted by atomic mass is 10.2. The van der Waals surface area contributed by atoms with Crippen molar-refractivity contribution in [2.24, 2.45) is 4.99 Å². The summed E-state index contributed by atoms with van der Waals surface area (Å²) in [5.74, 6) is 0.843. The maximum atomic E-state index is 6.01. The summed E-state index contributed by atoms with van der Waals surface area (Å²) < 4.78 is 5.78. The summed E-state index contributed by atoms with van der Waals surface area (Å²) in [5.41, 5.74) is 4.14. The Morgan fingerprint density at radius 2 is 1.71 bits per heavy atom. The van der Waals surface area contributed by atoms with Gasteiger partial charge in [-0.05, 0) is 60.0 Å². The smallest absolute Gasteiger partial charge is 0.119 e. The van der Waals surface area contributed by atoms with E-state index >= 15 is 0 Å². The third-order valence-electron chi connectivity index (χ3n) is 3.65. The van der Waals surface area contributed by atoms with E-state index in [1.807, 2.05) is 85.9 Å². The Labute approximate surface area is 147 Å². The molecule has 0 aliphatic heterocycles. The summed E-state index contributed by atoms with van der Waals surface area (Å²) in [7, 11) is 0. The van der Waals surface area contributed by atoms with E-state index in [1.54, 1.807) is 0 Å². The fraction of sp³-hybridized carbons (Fsp3) is 0.0952. The van der Waals surface area contributed by atoms with Gasteiger partial charge in [-0.25, -0.2) is 0 Å². The molecule has 0 bridgehead atoms. The molecule has 0 unspecified atom stereocenters. The molecule has 0 aliphatic rings. The van der Waals surface area contributed by atoms with Crippen LogP contribution >= 0.6 is 11.6 Å². The molecule has 3 aromatic carbocycles. The Kier molecular flexibility index (Phi) is 5.29.